The van der Waals surface area contributed by atoms with Crippen molar-refractivity contribution in [3.05, 3.63) is 40.2 Å². The number of unbranched alkanes of at least 4 members (excludes halogenated alkanes) is 1. The number of nitrogens with one attached hydrogen (secondary N) is 2. The highest BCUT2D eigenvalue weighted by atomic mass is 16.4. The lowest BCUT2D eigenvalue weighted by atomic mass is 10.0. The van der Waals surface area contributed by atoms with Crippen molar-refractivity contribution in [1.82, 2.24) is 5.32 Å². The predicted molar refractivity (Wildman–Crippen MR) is 118 cm³/mol. The molecule has 6 N–H and O–H groups in total. The lowest BCUT2D eigenvalue weighted by molar-refractivity contribution is -0.127. The minimum Gasteiger partial charge on any atom is -0.423 e. The van der Waals surface area contributed by atoms with Crippen LogP contribution in [0.1, 0.15) is 45.1 Å². The number of rotatable bonds is 10. The van der Waals surface area contributed by atoms with E-state index < -0.39 is 17.7 Å². The van der Waals surface area contributed by atoms with Crippen LogP contribution >= 0.6 is 0 Å². The molecular weight excluding hydrogens is 384 g/mol. The fourth-order valence-corrected chi connectivity index (χ4v) is 3.29. The largest absolute Gasteiger partial charge is 0.423 e. The van der Waals surface area contributed by atoms with E-state index in [4.69, 9.17) is 15.9 Å². The summed E-state index contributed by atoms with van der Waals surface area (Å²) in [5.74, 6) is -0.436. The van der Waals surface area contributed by atoms with E-state index in [1.165, 1.54) is 6.07 Å². The molecule has 30 heavy (non-hydrogen) atoms. The van der Waals surface area contributed by atoms with Gasteiger partial charge in [0.05, 0.1) is 6.04 Å². The van der Waals surface area contributed by atoms with Gasteiger partial charge in [-0.05, 0) is 62.8 Å². The van der Waals surface area contributed by atoms with Crippen LogP contribution in [0.4, 0.5) is 5.69 Å². The van der Waals surface area contributed by atoms with Crippen LogP contribution in [-0.2, 0) is 9.59 Å². The van der Waals surface area contributed by atoms with Crippen molar-refractivity contribution < 1.29 is 14.0 Å². The van der Waals surface area contributed by atoms with Crippen LogP contribution in [0, 0.1) is 12.8 Å². The number of fused-ring (bicyclic) bond motifs is 1. The molecule has 0 radical (unpaired) electrons. The van der Waals surface area contributed by atoms with Gasteiger partial charge in [0.1, 0.15) is 11.6 Å². The Labute approximate surface area is 176 Å². The number of carbonyl (C=O) groups excluding carboxylic acids is 2. The average Bonchev–Trinajstić information content (AvgIpc) is 2.66. The van der Waals surface area contributed by atoms with E-state index in [0.29, 0.717) is 37.1 Å². The third-order valence-corrected chi connectivity index (χ3v) is 4.86. The maximum absolute atomic E-state index is 12.9. The maximum Gasteiger partial charge on any atom is 0.336 e. The first-order valence-corrected chi connectivity index (χ1v) is 10.3. The first-order valence-electron chi connectivity index (χ1n) is 10.3. The third-order valence-electron chi connectivity index (χ3n) is 4.86. The molecular formula is C22H32N4O4. The van der Waals surface area contributed by atoms with Gasteiger partial charge >= 0.3 is 5.63 Å². The van der Waals surface area contributed by atoms with Crippen LogP contribution in [-0.4, -0.2) is 30.4 Å². The van der Waals surface area contributed by atoms with Gasteiger partial charge in [0.2, 0.25) is 11.8 Å². The Hall–Kier alpha value is -2.71. The first-order chi connectivity index (χ1) is 14.2. The second-order valence-electron chi connectivity index (χ2n) is 8.03. The van der Waals surface area contributed by atoms with Gasteiger partial charge in [-0.3, -0.25) is 9.59 Å². The van der Waals surface area contributed by atoms with Crippen LogP contribution in [0.3, 0.4) is 0 Å². The molecule has 1 heterocycles. The van der Waals surface area contributed by atoms with Crippen molar-refractivity contribution in [2.75, 3.05) is 11.9 Å². The zero-order valence-electron chi connectivity index (χ0n) is 17.9. The second kappa shape index (κ2) is 10.9. The second-order valence-corrected chi connectivity index (χ2v) is 8.03. The number of amides is 2. The molecule has 8 nitrogen and oxygen atoms in total. The van der Waals surface area contributed by atoms with Gasteiger partial charge in [0.15, 0.2) is 0 Å². The molecule has 164 valence electrons. The quantitative estimate of drug-likeness (QED) is 0.345. The Morgan fingerprint density at radius 3 is 2.53 bits per heavy atom. The Morgan fingerprint density at radius 2 is 1.87 bits per heavy atom. The average molecular weight is 417 g/mol. The number of aryl methyl sites for hydroxylation is 1. The van der Waals surface area contributed by atoms with Crippen LogP contribution in [0.2, 0.25) is 0 Å². The highest BCUT2D eigenvalue weighted by Crippen LogP contribution is 2.21. The molecule has 0 aliphatic heterocycles. The zero-order chi connectivity index (χ0) is 22.3. The molecule has 1 aromatic carbocycles. The van der Waals surface area contributed by atoms with E-state index >= 15 is 0 Å². The van der Waals surface area contributed by atoms with Gasteiger partial charge in [0, 0.05) is 23.2 Å². The van der Waals surface area contributed by atoms with Crippen LogP contribution in [0.25, 0.3) is 11.0 Å². The van der Waals surface area contributed by atoms with Crippen LogP contribution in [0.15, 0.2) is 33.5 Å². The Balaban J connectivity index is 2.15. The Kier molecular flexibility index (Phi) is 8.56. The van der Waals surface area contributed by atoms with Gasteiger partial charge < -0.3 is 26.5 Å². The molecule has 2 aromatic rings. The van der Waals surface area contributed by atoms with Gasteiger partial charge in [-0.2, -0.15) is 0 Å². The van der Waals surface area contributed by atoms with Crippen molar-refractivity contribution in [2.24, 2.45) is 17.4 Å². The molecule has 0 aliphatic carbocycles. The normalized spacial score (nSPS) is 13.3. The fourth-order valence-electron chi connectivity index (χ4n) is 3.29. The Bertz CT molecular complexity index is 938. The monoisotopic (exact) mass is 416 g/mol. The Morgan fingerprint density at radius 1 is 1.13 bits per heavy atom. The molecule has 0 fully saturated rings. The summed E-state index contributed by atoms with van der Waals surface area (Å²) in [6.07, 6.45) is 2.43. The van der Waals surface area contributed by atoms with E-state index in [1.807, 2.05) is 20.8 Å². The first kappa shape index (κ1) is 23.6. The van der Waals surface area contributed by atoms with Gasteiger partial charge in [-0.1, -0.05) is 13.8 Å². The van der Waals surface area contributed by atoms with E-state index in [0.717, 1.165) is 17.4 Å². The standard InChI is InChI=1S/C22H32N4O4/c1-13(2)10-17(24)21(28)26-18(6-4-5-9-23)22(29)25-15-7-8-16-14(3)11-20(27)30-19(16)12-15/h7-8,11-13,17-18H,4-6,9-10,23-24H2,1-3H3,(H,25,29)(H,26,28)/t17-,18-/m0/s1. The van der Waals surface area contributed by atoms with Crippen molar-refractivity contribution in [2.45, 2.75) is 58.5 Å². The number of anilines is 1. The summed E-state index contributed by atoms with van der Waals surface area (Å²) in [6.45, 7) is 6.30. The van der Waals surface area contributed by atoms with Gasteiger partial charge in [-0.15, -0.1) is 0 Å². The summed E-state index contributed by atoms with van der Waals surface area (Å²) in [4.78, 5) is 36.9. The van der Waals surface area contributed by atoms with Gasteiger partial charge in [-0.25, -0.2) is 4.79 Å². The number of hydrogen-bond donors (Lipinski definition) is 4. The van der Waals surface area contributed by atoms with Gasteiger partial charge in [0.25, 0.3) is 0 Å². The number of carbonyl (C=O) groups is 2. The summed E-state index contributed by atoms with van der Waals surface area (Å²) in [5.41, 5.74) is 12.7. The van der Waals surface area contributed by atoms with Crippen LogP contribution < -0.4 is 27.7 Å². The van der Waals surface area contributed by atoms with E-state index in [-0.39, 0.29) is 17.7 Å². The predicted octanol–water partition coefficient (Wildman–Crippen LogP) is 2.03. The molecule has 0 spiro atoms. The molecule has 2 atom stereocenters. The highest BCUT2D eigenvalue weighted by Gasteiger charge is 2.24. The molecule has 2 rings (SSSR count). The summed E-state index contributed by atoms with van der Waals surface area (Å²) < 4.78 is 5.23. The van der Waals surface area contributed by atoms with Crippen molar-refractivity contribution >= 4 is 28.5 Å². The van der Waals surface area contributed by atoms with Crippen molar-refractivity contribution in [3.63, 3.8) is 0 Å². The number of benzene rings is 1. The minimum absolute atomic E-state index is 0.269. The van der Waals surface area contributed by atoms with Crippen LogP contribution in [0.5, 0.6) is 0 Å². The lowest BCUT2D eigenvalue weighted by Crippen LogP contribution is -2.50. The number of hydrogen-bond acceptors (Lipinski definition) is 6. The SMILES string of the molecule is Cc1cc(=O)oc2cc(NC(=O)[C@H](CCCCN)NC(=O)[C@@H](N)CC(C)C)ccc12. The van der Waals surface area contributed by atoms with E-state index in [1.54, 1.807) is 18.2 Å². The number of nitrogens with two attached hydrogens (primary N) is 2. The summed E-state index contributed by atoms with van der Waals surface area (Å²) in [7, 11) is 0. The van der Waals surface area contributed by atoms with Crippen molar-refractivity contribution in [1.29, 1.82) is 0 Å². The molecule has 0 saturated carbocycles. The minimum atomic E-state index is -0.734. The zero-order valence-corrected chi connectivity index (χ0v) is 17.9. The third kappa shape index (κ3) is 6.67. The molecule has 0 bridgehead atoms. The molecule has 0 saturated heterocycles. The summed E-state index contributed by atoms with van der Waals surface area (Å²) in [6, 6.07) is 5.13. The molecule has 2 amide bonds. The smallest absolute Gasteiger partial charge is 0.336 e. The van der Waals surface area contributed by atoms with Crippen molar-refractivity contribution in [3.8, 4) is 0 Å². The van der Waals surface area contributed by atoms with E-state index in [9.17, 15) is 14.4 Å². The topological polar surface area (TPSA) is 140 Å². The van der Waals surface area contributed by atoms with E-state index in [2.05, 4.69) is 10.6 Å². The molecule has 0 aliphatic rings. The maximum atomic E-state index is 12.9. The lowest BCUT2D eigenvalue weighted by Gasteiger charge is -2.21. The molecule has 8 heteroatoms. The highest BCUT2D eigenvalue weighted by molar-refractivity contribution is 5.99. The molecule has 1 aromatic heterocycles. The molecule has 0 unspecified atom stereocenters. The summed E-state index contributed by atoms with van der Waals surface area (Å²) in [5, 5.41) is 6.36. The fraction of sp³-hybridized carbons (Fsp3) is 0.500. The summed E-state index contributed by atoms with van der Waals surface area (Å²) >= 11 is 0.